The van der Waals surface area contributed by atoms with Crippen LogP contribution in [0.15, 0.2) is 0 Å². The van der Waals surface area contributed by atoms with E-state index in [2.05, 4.69) is 17.2 Å². The normalized spacial score (nSPS) is 9.36. The molecular formula is C3H7F3N4O. The van der Waals surface area contributed by atoms with Gasteiger partial charge in [-0.1, -0.05) is 0 Å². The second-order valence-electron chi connectivity index (χ2n) is 1.32. The highest BCUT2D eigenvalue weighted by Crippen LogP contribution is 2.11. The zero-order valence-electron chi connectivity index (χ0n) is 5.27. The van der Waals surface area contributed by atoms with Crippen LogP contribution in [0.5, 0.6) is 0 Å². The van der Waals surface area contributed by atoms with Gasteiger partial charge < -0.3 is 17.2 Å². The summed E-state index contributed by atoms with van der Waals surface area (Å²) in [5, 5.41) is 6.06. The first-order valence-electron chi connectivity index (χ1n) is 2.14. The molecule has 0 aliphatic carbocycles. The van der Waals surface area contributed by atoms with Gasteiger partial charge in [0.15, 0.2) is 5.96 Å². The number of guanidine groups is 1. The molecule has 66 valence electrons. The summed E-state index contributed by atoms with van der Waals surface area (Å²) < 4.78 is 32.1. The number of hydrogen-bond acceptors (Lipinski definition) is 2. The van der Waals surface area contributed by atoms with Crippen LogP contribution < -0.4 is 17.2 Å². The Morgan fingerprint density at radius 2 is 1.27 bits per heavy atom. The molecule has 0 heterocycles. The fourth-order valence-electron chi connectivity index (χ4n) is 0. The van der Waals surface area contributed by atoms with Gasteiger partial charge >= 0.3 is 12.1 Å². The van der Waals surface area contributed by atoms with Crippen molar-refractivity contribution in [2.75, 3.05) is 0 Å². The van der Waals surface area contributed by atoms with E-state index in [-0.39, 0.29) is 5.96 Å². The molecule has 5 nitrogen and oxygen atoms in total. The molecule has 7 N–H and O–H groups in total. The lowest BCUT2D eigenvalue weighted by atomic mass is 10.6. The zero-order chi connectivity index (χ0) is 9.65. The molecule has 0 bridgehead atoms. The van der Waals surface area contributed by atoms with E-state index in [0.29, 0.717) is 0 Å². The number of alkyl halides is 3. The third-order valence-electron chi connectivity index (χ3n) is 0.279. The molecule has 0 rings (SSSR count). The molecule has 0 aromatic heterocycles. The molecule has 11 heavy (non-hydrogen) atoms. The Kier molecular flexibility index (Phi) is 4.85. The van der Waals surface area contributed by atoms with Gasteiger partial charge in [0.2, 0.25) is 0 Å². The van der Waals surface area contributed by atoms with Crippen LogP contribution in [0.4, 0.5) is 13.2 Å². The van der Waals surface area contributed by atoms with Crippen molar-refractivity contribution in [3.63, 3.8) is 0 Å². The summed E-state index contributed by atoms with van der Waals surface area (Å²) in [6.07, 6.45) is -4.86. The largest absolute Gasteiger partial charge is 0.470 e. The molecule has 0 saturated heterocycles. The molecule has 0 aromatic carbocycles. The number of carbonyl (C=O) groups is 1. The lowest BCUT2D eigenvalue weighted by Crippen LogP contribution is -2.30. The molecule has 0 unspecified atom stereocenters. The SMILES string of the molecule is N=C(N)N.NC(=O)C(F)(F)F. The Morgan fingerprint density at radius 1 is 1.18 bits per heavy atom. The van der Waals surface area contributed by atoms with Crippen molar-refractivity contribution in [1.29, 1.82) is 5.41 Å². The highest BCUT2D eigenvalue weighted by molar-refractivity contribution is 5.79. The Labute approximate surface area is 59.8 Å². The van der Waals surface area contributed by atoms with Gasteiger partial charge in [0.1, 0.15) is 0 Å². The molecule has 0 aromatic rings. The van der Waals surface area contributed by atoms with E-state index in [1.807, 2.05) is 0 Å². The van der Waals surface area contributed by atoms with Gasteiger partial charge in [0.25, 0.3) is 0 Å². The molecule has 0 aliphatic heterocycles. The van der Waals surface area contributed by atoms with E-state index in [1.165, 1.54) is 0 Å². The van der Waals surface area contributed by atoms with E-state index >= 15 is 0 Å². The number of nitrogens with one attached hydrogen (secondary N) is 1. The van der Waals surface area contributed by atoms with Gasteiger partial charge in [0.05, 0.1) is 0 Å². The number of carbonyl (C=O) groups excluding carboxylic acids is 1. The van der Waals surface area contributed by atoms with Gasteiger partial charge in [0, 0.05) is 0 Å². The zero-order valence-corrected chi connectivity index (χ0v) is 5.27. The van der Waals surface area contributed by atoms with Gasteiger partial charge in [-0.15, -0.1) is 0 Å². The van der Waals surface area contributed by atoms with Crippen LogP contribution in [0.1, 0.15) is 0 Å². The lowest BCUT2D eigenvalue weighted by molar-refractivity contribution is -0.169. The average molecular weight is 172 g/mol. The maximum absolute atomic E-state index is 10.7. The second-order valence-corrected chi connectivity index (χ2v) is 1.32. The predicted octanol–water partition coefficient (Wildman–Crippen LogP) is -1.13. The second kappa shape index (κ2) is 4.36. The quantitative estimate of drug-likeness (QED) is 0.273. The minimum absolute atomic E-state index is 0.333. The van der Waals surface area contributed by atoms with Crippen LogP contribution in [0.3, 0.4) is 0 Å². The van der Waals surface area contributed by atoms with Crippen LogP contribution in [-0.4, -0.2) is 18.0 Å². The van der Waals surface area contributed by atoms with E-state index in [4.69, 9.17) is 10.2 Å². The molecule has 0 aliphatic rings. The van der Waals surface area contributed by atoms with Crippen molar-refractivity contribution in [3.8, 4) is 0 Å². The first-order chi connectivity index (χ1) is 4.68. The maximum atomic E-state index is 10.7. The minimum Gasteiger partial charge on any atom is -0.370 e. The average Bonchev–Trinajstić information content (AvgIpc) is 1.59. The summed E-state index contributed by atoms with van der Waals surface area (Å²) >= 11 is 0. The third-order valence-corrected chi connectivity index (χ3v) is 0.279. The summed E-state index contributed by atoms with van der Waals surface area (Å²) in [5.74, 6) is -2.59. The molecule has 0 fully saturated rings. The summed E-state index contributed by atoms with van der Waals surface area (Å²) in [7, 11) is 0. The molecular weight excluding hydrogens is 165 g/mol. The van der Waals surface area contributed by atoms with Crippen LogP contribution in [0.2, 0.25) is 0 Å². The topological polar surface area (TPSA) is 119 Å². The first-order valence-corrected chi connectivity index (χ1v) is 2.14. The van der Waals surface area contributed by atoms with Crippen molar-refractivity contribution < 1.29 is 18.0 Å². The van der Waals surface area contributed by atoms with E-state index < -0.39 is 12.1 Å². The van der Waals surface area contributed by atoms with E-state index in [0.717, 1.165) is 0 Å². The Bertz CT molecular complexity index is 149. The monoisotopic (exact) mass is 172 g/mol. The highest BCUT2D eigenvalue weighted by atomic mass is 19.4. The van der Waals surface area contributed by atoms with Crippen LogP contribution in [0, 0.1) is 5.41 Å². The van der Waals surface area contributed by atoms with Crippen molar-refractivity contribution in [3.05, 3.63) is 0 Å². The Morgan fingerprint density at radius 3 is 1.27 bits per heavy atom. The molecule has 0 radical (unpaired) electrons. The lowest BCUT2D eigenvalue weighted by Gasteiger charge is -1.95. The fraction of sp³-hybridized carbons (Fsp3) is 0.333. The van der Waals surface area contributed by atoms with Crippen molar-refractivity contribution in [2.24, 2.45) is 17.2 Å². The highest BCUT2D eigenvalue weighted by Gasteiger charge is 2.35. The van der Waals surface area contributed by atoms with E-state index in [1.54, 1.807) is 0 Å². The molecule has 0 spiro atoms. The Balaban J connectivity index is 0. The molecule has 0 saturated carbocycles. The van der Waals surface area contributed by atoms with Crippen LogP contribution in [-0.2, 0) is 4.79 Å². The predicted molar refractivity (Wildman–Crippen MR) is 31.4 cm³/mol. The van der Waals surface area contributed by atoms with Crippen molar-refractivity contribution in [1.82, 2.24) is 0 Å². The van der Waals surface area contributed by atoms with Crippen LogP contribution >= 0.6 is 0 Å². The molecule has 0 atom stereocenters. The number of rotatable bonds is 0. The number of halogens is 3. The summed E-state index contributed by atoms with van der Waals surface area (Å²) in [4.78, 5) is 9.12. The number of amides is 1. The first kappa shape index (κ1) is 12.2. The third kappa shape index (κ3) is 17.7. The summed E-state index contributed by atoms with van der Waals surface area (Å²) in [5.41, 5.74) is 12.8. The van der Waals surface area contributed by atoms with Gasteiger partial charge in [-0.2, -0.15) is 13.2 Å². The molecule has 1 amide bonds. The Hall–Kier alpha value is -1.47. The van der Waals surface area contributed by atoms with Crippen molar-refractivity contribution >= 4 is 11.9 Å². The van der Waals surface area contributed by atoms with Gasteiger partial charge in [-0.05, 0) is 0 Å². The van der Waals surface area contributed by atoms with Gasteiger partial charge in [-0.3, -0.25) is 10.2 Å². The minimum atomic E-state index is -4.86. The van der Waals surface area contributed by atoms with Crippen LogP contribution in [0.25, 0.3) is 0 Å². The number of nitrogens with two attached hydrogens (primary N) is 3. The smallest absolute Gasteiger partial charge is 0.370 e. The fourth-order valence-corrected chi connectivity index (χ4v) is 0. The summed E-state index contributed by atoms with van der Waals surface area (Å²) in [6.45, 7) is 0. The number of hydrogen-bond donors (Lipinski definition) is 4. The van der Waals surface area contributed by atoms with Gasteiger partial charge in [-0.25, -0.2) is 0 Å². The molecule has 8 heteroatoms. The van der Waals surface area contributed by atoms with Crippen molar-refractivity contribution in [2.45, 2.75) is 6.18 Å². The number of primary amides is 1. The summed E-state index contributed by atoms with van der Waals surface area (Å²) in [6, 6.07) is 0. The standard InChI is InChI=1S/C2H2F3NO.CH5N3/c3-2(4,5)1(6)7;2-1(3)4/h(H2,6,7);(H5,2,3,4). The van der Waals surface area contributed by atoms with E-state index in [9.17, 15) is 13.2 Å². The maximum Gasteiger partial charge on any atom is 0.470 e.